The zero-order valence-corrected chi connectivity index (χ0v) is 26.5. The zero-order valence-electron chi connectivity index (χ0n) is 24.9. The van der Waals surface area contributed by atoms with E-state index in [1.54, 1.807) is 28.7 Å². The van der Waals surface area contributed by atoms with Gasteiger partial charge in [-0.15, -0.1) is 22.7 Å². The van der Waals surface area contributed by atoms with Crippen LogP contribution in [0.1, 0.15) is 11.1 Å². The van der Waals surface area contributed by atoms with E-state index in [9.17, 15) is 10.1 Å². The quantitative estimate of drug-likeness (QED) is 0.159. The summed E-state index contributed by atoms with van der Waals surface area (Å²) >= 11 is 3.32. The minimum Gasteiger partial charge on any atom is -0.398 e. The highest BCUT2D eigenvalue weighted by atomic mass is 32.1. The molecular formula is C32H40N6O2S2. The van der Waals surface area contributed by atoms with Crippen LogP contribution >= 0.6 is 22.7 Å². The zero-order chi connectivity index (χ0) is 29.8. The molecule has 0 aliphatic carbocycles. The number of anilines is 3. The number of nitrogens with zero attached hydrogens (tertiary/aromatic N) is 5. The summed E-state index contributed by atoms with van der Waals surface area (Å²) in [7, 11) is 4.30. The number of rotatable bonds is 5. The van der Waals surface area contributed by atoms with E-state index in [1.165, 1.54) is 21.7 Å². The molecule has 2 N–H and O–H groups in total. The fraction of sp³-hybridized carbons (Fsp3) is 0.375. The summed E-state index contributed by atoms with van der Waals surface area (Å²) in [5, 5.41) is 15.5. The Balaban J connectivity index is 0.000000169. The molecule has 2 saturated heterocycles. The molecule has 0 spiro atoms. The molecule has 2 aromatic carbocycles. The van der Waals surface area contributed by atoms with Crippen LogP contribution in [0.5, 0.6) is 0 Å². The first kappa shape index (κ1) is 30.0. The van der Waals surface area contributed by atoms with Crippen molar-refractivity contribution in [2.75, 3.05) is 82.0 Å². The van der Waals surface area contributed by atoms with Gasteiger partial charge in [-0.3, -0.25) is 10.1 Å². The Morgan fingerprint density at radius 2 is 1.14 bits per heavy atom. The second-order valence-electron chi connectivity index (χ2n) is 11.2. The molecule has 0 unspecified atom stereocenters. The molecule has 0 amide bonds. The highest BCUT2D eigenvalue weighted by Crippen LogP contribution is 2.39. The fourth-order valence-corrected chi connectivity index (χ4v) is 7.34. The molecule has 8 nitrogen and oxygen atoms in total. The Labute approximate surface area is 256 Å². The number of piperazine rings is 2. The number of nitrogens with two attached hydrogens (primary N) is 1. The molecule has 10 heteroatoms. The molecule has 222 valence electrons. The Hall–Kier alpha value is -3.44. The van der Waals surface area contributed by atoms with E-state index < -0.39 is 0 Å². The van der Waals surface area contributed by atoms with Gasteiger partial charge in [-0.25, -0.2) is 0 Å². The average Bonchev–Trinajstić information content (AvgIpc) is 3.62. The first-order valence-corrected chi connectivity index (χ1v) is 16.1. The lowest BCUT2D eigenvalue weighted by Gasteiger charge is -2.34. The second kappa shape index (κ2) is 13.2. The third-order valence-corrected chi connectivity index (χ3v) is 10.3. The third kappa shape index (κ3) is 6.78. The molecule has 2 aromatic heterocycles. The van der Waals surface area contributed by atoms with Crippen LogP contribution in [0, 0.1) is 24.0 Å². The van der Waals surface area contributed by atoms with E-state index >= 15 is 0 Å². The first-order chi connectivity index (χ1) is 20.2. The van der Waals surface area contributed by atoms with Crippen LogP contribution in [0.25, 0.3) is 20.9 Å². The van der Waals surface area contributed by atoms with E-state index in [4.69, 9.17) is 5.73 Å². The second-order valence-corrected chi connectivity index (χ2v) is 13.0. The van der Waals surface area contributed by atoms with Crippen molar-refractivity contribution in [2.45, 2.75) is 13.8 Å². The van der Waals surface area contributed by atoms with Crippen LogP contribution < -0.4 is 15.5 Å². The van der Waals surface area contributed by atoms with Crippen LogP contribution in [0.3, 0.4) is 0 Å². The molecule has 0 saturated carbocycles. The molecule has 2 aliphatic rings. The smallest absolute Gasteiger partial charge is 0.278 e. The number of hydrogen-bond donors (Lipinski definition) is 1. The van der Waals surface area contributed by atoms with Crippen molar-refractivity contribution in [3.8, 4) is 20.9 Å². The van der Waals surface area contributed by atoms with Gasteiger partial charge in [0.1, 0.15) is 0 Å². The fourth-order valence-electron chi connectivity index (χ4n) is 5.43. The van der Waals surface area contributed by atoms with Crippen molar-refractivity contribution < 1.29 is 4.92 Å². The van der Waals surface area contributed by atoms with Crippen LogP contribution in [-0.4, -0.2) is 81.2 Å². The normalized spacial score (nSPS) is 16.3. The van der Waals surface area contributed by atoms with Crippen molar-refractivity contribution >= 4 is 45.4 Å². The molecule has 0 bridgehead atoms. The van der Waals surface area contributed by atoms with Gasteiger partial charge in [0, 0.05) is 90.8 Å². The molecule has 4 heterocycles. The maximum atomic E-state index is 11.3. The van der Waals surface area contributed by atoms with Gasteiger partial charge in [-0.2, -0.15) is 0 Å². The number of nitro benzene ring substituents is 1. The Bertz CT molecular complexity index is 1520. The predicted octanol–water partition coefficient (Wildman–Crippen LogP) is 6.44. The number of benzene rings is 2. The summed E-state index contributed by atoms with van der Waals surface area (Å²) in [6.45, 7) is 12.5. The highest BCUT2D eigenvalue weighted by molar-refractivity contribution is 7.14. The Morgan fingerprint density at radius 3 is 1.60 bits per heavy atom. The van der Waals surface area contributed by atoms with Gasteiger partial charge in [0.15, 0.2) is 0 Å². The van der Waals surface area contributed by atoms with E-state index in [0.29, 0.717) is 0 Å². The number of aryl methyl sites for hydroxylation is 2. The standard InChI is InChI=1S/C16H19N3O2S.C16H21N3S/c1-12-5-10-22-16(12)14-11-13(3-4-15(14)19(20)21)18-8-6-17(2)7-9-18;1-12-5-10-20-16(12)14-11-13(3-4-15(14)17)19-8-6-18(2)7-9-19/h3-5,10-11H,6-9H2,1-2H3;3-5,10-11H,6-9,17H2,1-2H3. The summed E-state index contributed by atoms with van der Waals surface area (Å²) in [5.41, 5.74) is 13.9. The summed E-state index contributed by atoms with van der Waals surface area (Å²) in [4.78, 5) is 22.8. The molecule has 0 atom stereocenters. The number of hydrogen-bond acceptors (Lipinski definition) is 9. The van der Waals surface area contributed by atoms with Gasteiger partial charge >= 0.3 is 0 Å². The molecule has 42 heavy (non-hydrogen) atoms. The molecule has 6 rings (SSSR count). The van der Waals surface area contributed by atoms with Gasteiger partial charge in [0.25, 0.3) is 5.69 Å². The van der Waals surface area contributed by atoms with Gasteiger partial charge in [0.2, 0.25) is 0 Å². The molecular weight excluding hydrogens is 565 g/mol. The lowest BCUT2D eigenvalue weighted by molar-refractivity contribution is -0.384. The van der Waals surface area contributed by atoms with Crippen LogP contribution in [-0.2, 0) is 0 Å². The van der Waals surface area contributed by atoms with Crippen molar-refractivity contribution in [3.05, 3.63) is 80.5 Å². The average molecular weight is 605 g/mol. The Kier molecular flexibility index (Phi) is 9.47. The van der Waals surface area contributed by atoms with Gasteiger partial charge in [-0.1, -0.05) is 0 Å². The number of nitro groups is 1. The number of likely N-dealkylation sites (N-methyl/N-ethyl adjacent to an activating group) is 2. The summed E-state index contributed by atoms with van der Waals surface area (Å²) < 4.78 is 0. The maximum absolute atomic E-state index is 11.3. The maximum Gasteiger partial charge on any atom is 0.278 e. The topological polar surface area (TPSA) is 82.1 Å². The molecule has 2 fully saturated rings. The van der Waals surface area contributed by atoms with Crippen LogP contribution in [0.4, 0.5) is 22.7 Å². The lowest BCUT2D eigenvalue weighted by Crippen LogP contribution is -2.44. The van der Waals surface area contributed by atoms with E-state index in [0.717, 1.165) is 79.7 Å². The van der Waals surface area contributed by atoms with Crippen molar-refractivity contribution in [1.82, 2.24) is 9.80 Å². The number of nitrogen functional groups attached to an aromatic ring is 1. The van der Waals surface area contributed by atoms with E-state index in [-0.39, 0.29) is 10.6 Å². The van der Waals surface area contributed by atoms with Crippen LogP contribution in [0.2, 0.25) is 0 Å². The number of thiophene rings is 2. The van der Waals surface area contributed by atoms with Gasteiger partial charge < -0.3 is 25.3 Å². The third-order valence-electron chi connectivity index (χ3n) is 8.16. The summed E-state index contributed by atoms with van der Waals surface area (Å²) in [5.74, 6) is 0. The van der Waals surface area contributed by atoms with E-state index in [2.05, 4.69) is 64.2 Å². The van der Waals surface area contributed by atoms with Gasteiger partial charge in [-0.05, 0) is 92.3 Å². The Morgan fingerprint density at radius 1 is 0.690 bits per heavy atom. The minimum absolute atomic E-state index is 0.184. The van der Waals surface area contributed by atoms with E-state index in [1.807, 2.05) is 36.6 Å². The van der Waals surface area contributed by atoms with Crippen LogP contribution in [0.15, 0.2) is 59.3 Å². The largest absolute Gasteiger partial charge is 0.398 e. The minimum atomic E-state index is -0.289. The molecule has 4 aromatic rings. The van der Waals surface area contributed by atoms with Gasteiger partial charge in [0.05, 0.1) is 10.5 Å². The lowest BCUT2D eigenvalue weighted by atomic mass is 10.1. The monoisotopic (exact) mass is 604 g/mol. The van der Waals surface area contributed by atoms with Crippen molar-refractivity contribution in [1.29, 1.82) is 0 Å². The summed E-state index contributed by atoms with van der Waals surface area (Å²) in [6, 6.07) is 16.1. The molecule has 2 aliphatic heterocycles. The predicted molar refractivity (Wildman–Crippen MR) is 179 cm³/mol. The molecule has 0 radical (unpaired) electrons. The first-order valence-electron chi connectivity index (χ1n) is 14.3. The SMILES string of the molecule is Cc1ccsc1-c1cc(N2CCN(C)CC2)ccc1N.Cc1ccsc1-c1cc(N2CCN(C)CC2)ccc1[N+](=O)[O-]. The summed E-state index contributed by atoms with van der Waals surface area (Å²) in [6.07, 6.45) is 0. The highest BCUT2D eigenvalue weighted by Gasteiger charge is 2.22. The van der Waals surface area contributed by atoms with Crippen molar-refractivity contribution in [2.24, 2.45) is 0 Å². The van der Waals surface area contributed by atoms with Crippen molar-refractivity contribution in [3.63, 3.8) is 0 Å².